The van der Waals surface area contributed by atoms with Gasteiger partial charge in [0.05, 0.1) is 24.1 Å². The van der Waals surface area contributed by atoms with Crippen molar-refractivity contribution in [1.82, 2.24) is 9.97 Å². The topological polar surface area (TPSA) is 111 Å². The van der Waals surface area contributed by atoms with Crippen LogP contribution in [0, 0.1) is 0 Å². The first kappa shape index (κ1) is 14.8. The molecule has 24 heavy (non-hydrogen) atoms. The average molecular weight is 324 g/mol. The summed E-state index contributed by atoms with van der Waals surface area (Å²) >= 11 is 0. The van der Waals surface area contributed by atoms with Crippen molar-refractivity contribution in [2.24, 2.45) is 10.9 Å². The van der Waals surface area contributed by atoms with Gasteiger partial charge in [-0.15, -0.1) is 0 Å². The van der Waals surface area contributed by atoms with Crippen molar-refractivity contribution in [2.75, 3.05) is 0 Å². The molecule has 0 unspecified atom stereocenters. The summed E-state index contributed by atoms with van der Waals surface area (Å²) in [4.78, 5) is 21.0. The molecule has 1 fully saturated rings. The maximum absolute atomic E-state index is 11.9. The summed E-state index contributed by atoms with van der Waals surface area (Å²) in [5.74, 6) is -0.131. The zero-order valence-corrected chi connectivity index (χ0v) is 12.8. The molecule has 3 N–H and O–H groups in total. The van der Waals surface area contributed by atoms with Crippen molar-refractivity contribution in [1.29, 1.82) is 0 Å². The quantitative estimate of drug-likeness (QED) is 0.508. The number of aromatic nitrogens is 2. The predicted octanol–water partition coefficient (Wildman–Crippen LogP) is 1.83. The molecule has 2 atom stereocenters. The number of oxime groups is 1. The van der Waals surface area contributed by atoms with Crippen LogP contribution in [0.15, 0.2) is 29.4 Å². The number of fused-ring (bicyclic) bond motifs is 4. The number of nitrogens with zero attached hydrogens (tertiary/aromatic N) is 3. The van der Waals surface area contributed by atoms with E-state index in [2.05, 4.69) is 15.1 Å². The second kappa shape index (κ2) is 5.68. The van der Waals surface area contributed by atoms with Gasteiger partial charge in [0.2, 0.25) is 0 Å². The highest BCUT2D eigenvalue weighted by Crippen LogP contribution is 2.42. The van der Waals surface area contributed by atoms with Gasteiger partial charge in [-0.2, -0.15) is 0 Å². The first-order valence-corrected chi connectivity index (χ1v) is 7.79. The van der Waals surface area contributed by atoms with Crippen LogP contribution in [0.25, 0.3) is 11.4 Å². The highest BCUT2D eigenvalue weighted by Gasteiger charge is 2.38. The molecule has 2 bridgehead atoms. The number of carbonyl (C=O) groups is 1. The van der Waals surface area contributed by atoms with Crippen molar-refractivity contribution < 1.29 is 14.7 Å². The monoisotopic (exact) mass is 324 g/mol. The molecule has 1 amide bonds. The van der Waals surface area contributed by atoms with E-state index < -0.39 is 5.91 Å². The second-order valence-electron chi connectivity index (χ2n) is 6.02. The molecule has 0 spiro atoms. The normalized spacial score (nSPS) is 21.8. The summed E-state index contributed by atoms with van der Waals surface area (Å²) in [6, 6.07) is 7.24. The van der Waals surface area contributed by atoms with E-state index in [0.717, 1.165) is 29.7 Å². The van der Waals surface area contributed by atoms with Gasteiger partial charge in [0.1, 0.15) is 5.69 Å². The number of amides is 1. The molecule has 1 saturated heterocycles. The van der Waals surface area contributed by atoms with Gasteiger partial charge in [-0.1, -0.05) is 23.4 Å². The van der Waals surface area contributed by atoms with Gasteiger partial charge in [-0.3, -0.25) is 4.79 Å². The standard InChI is InChI=1S/C17H16N4O3/c18-16(22)15-14-12(7-11-4-5-13(14)24-11)20-17(21-15)10-3-1-2-9(6-10)8-19-23/h1-3,6,8,11,13,23H,4-5,7H2,(H2,18,22)/b19-8+/t11-,13+/m0/s1. The van der Waals surface area contributed by atoms with Crippen LogP contribution in [0.2, 0.25) is 0 Å². The molecule has 0 aliphatic carbocycles. The molecule has 1 aromatic heterocycles. The maximum Gasteiger partial charge on any atom is 0.267 e. The lowest BCUT2D eigenvalue weighted by molar-refractivity contribution is 0.0300. The van der Waals surface area contributed by atoms with Gasteiger partial charge < -0.3 is 15.7 Å². The summed E-state index contributed by atoms with van der Waals surface area (Å²) < 4.78 is 5.88. The van der Waals surface area contributed by atoms with Gasteiger partial charge in [0, 0.05) is 17.5 Å². The SMILES string of the molecule is NC(=O)c1nc(-c2cccc(/C=N/O)c2)nc2c1[C@H]1CC[C@@H](C2)O1. The summed E-state index contributed by atoms with van der Waals surface area (Å²) in [6.45, 7) is 0. The highest BCUT2D eigenvalue weighted by molar-refractivity contribution is 5.93. The lowest BCUT2D eigenvalue weighted by Gasteiger charge is -2.24. The number of hydrogen-bond acceptors (Lipinski definition) is 6. The number of hydrogen-bond donors (Lipinski definition) is 2. The Bertz CT molecular complexity index is 850. The molecular formula is C17H16N4O3. The third-order valence-corrected chi connectivity index (χ3v) is 4.46. The lowest BCUT2D eigenvalue weighted by atomic mass is 10.0. The average Bonchev–Trinajstić information content (AvgIpc) is 2.96. The van der Waals surface area contributed by atoms with E-state index in [0.29, 0.717) is 17.8 Å². The molecule has 0 radical (unpaired) electrons. The molecule has 2 aliphatic rings. The van der Waals surface area contributed by atoms with Gasteiger partial charge in [0.15, 0.2) is 5.82 Å². The smallest absolute Gasteiger partial charge is 0.267 e. The Morgan fingerprint density at radius 1 is 1.38 bits per heavy atom. The van der Waals surface area contributed by atoms with Crippen LogP contribution < -0.4 is 5.73 Å². The summed E-state index contributed by atoms with van der Waals surface area (Å²) in [7, 11) is 0. The van der Waals surface area contributed by atoms with Crippen molar-refractivity contribution in [3.05, 3.63) is 46.8 Å². The van der Waals surface area contributed by atoms with Crippen LogP contribution in [0.3, 0.4) is 0 Å². The minimum absolute atomic E-state index is 0.136. The first-order valence-electron chi connectivity index (χ1n) is 7.79. The summed E-state index contributed by atoms with van der Waals surface area (Å²) in [5, 5.41) is 11.7. The third kappa shape index (κ3) is 2.43. The minimum atomic E-state index is -0.572. The van der Waals surface area contributed by atoms with E-state index in [9.17, 15) is 4.79 Å². The van der Waals surface area contributed by atoms with E-state index in [4.69, 9.17) is 15.7 Å². The van der Waals surface area contributed by atoms with Crippen LogP contribution >= 0.6 is 0 Å². The Labute approximate surface area is 138 Å². The number of primary amides is 1. The molecule has 7 heteroatoms. The van der Waals surface area contributed by atoms with Crippen molar-refractivity contribution in [3.8, 4) is 11.4 Å². The van der Waals surface area contributed by atoms with E-state index in [1.165, 1.54) is 6.21 Å². The molecule has 2 aliphatic heterocycles. The Balaban J connectivity index is 1.86. The van der Waals surface area contributed by atoms with Gasteiger partial charge in [-0.25, -0.2) is 9.97 Å². The molecule has 122 valence electrons. The largest absolute Gasteiger partial charge is 0.411 e. The number of carbonyl (C=O) groups excluding carboxylic acids is 1. The maximum atomic E-state index is 11.9. The summed E-state index contributed by atoms with van der Waals surface area (Å²) in [6.07, 6.45) is 3.83. The fourth-order valence-corrected chi connectivity index (χ4v) is 3.44. The Morgan fingerprint density at radius 3 is 3.04 bits per heavy atom. The molecule has 7 nitrogen and oxygen atoms in total. The number of nitrogens with two attached hydrogens (primary N) is 1. The molecular weight excluding hydrogens is 308 g/mol. The molecule has 3 heterocycles. The van der Waals surface area contributed by atoms with Gasteiger partial charge >= 0.3 is 0 Å². The molecule has 1 aromatic carbocycles. The zero-order chi connectivity index (χ0) is 16.7. The van der Waals surface area contributed by atoms with Crippen LogP contribution in [0.1, 0.15) is 46.3 Å². The van der Waals surface area contributed by atoms with Crippen molar-refractivity contribution in [2.45, 2.75) is 31.5 Å². The van der Waals surface area contributed by atoms with Gasteiger partial charge in [-0.05, 0) is 24.5 Å². The molecule has 4 rings (SSSR count). The highest BCUT2D eigenvalue weighted by atomic mass is 16.5. The zero-order valence-electron chi connectivity index (χ0n) is 12.8. The lowest BCUT2D eigenvalue weighted by Crippen LogP contribution is -2.26. The molecule has 0 saturated carbocycles. The third-order valence-electron chi connectivity index (χ3n) is 4.46. The van der Waals surface area contributed by atoms with Crippen LogP contribution in [-0.2, 0) is 11.2 Å². The molecule has 2 aromatic rings. The van der Waals surface area contributed by atoms with Crippen LogP contribution in [-0.4, -0.2) is 33.4 Å². The fraction of sp³-hybridized carbons (Fsp3) is 0.294. The van der Waals surface area contributed by atoms with Crippen LogP contribution in [0.5, 0.6) is 0 Å². The number of benzene rings is 1. The van der Waals surface area contributed by atoms with E-state index in [-0.39, 0.29) is 17.9 Å². The van der Waals surface area contributed by atoms with E-state index in [1.54, 1.807) is 12.1 Å². The number of ether oxygens (including phenoxy) is 1. The van der Waals surface area contributed by atoms with Crippen molar-refractivity contribution >= 4 is 12.1 Å². The van der Waals surface area contributed by atoms with Crippen molar-refractivity contribution in [3.63, 3.8) is 0 Å². The predicted molar refractivity (Wildman–Crippen MR) is 85.9 cm³/mol. The number of rotatable bonds is 3. The Kier molecular flexibility index (Phi) is 3.50. The fourth-order valence-electron chi connectivity index (χ4n) is 3.44. The Hall–Kier alpha value is -2.80. The Morgan fingerprint density at radius 2 is 2.25 bits per heavy atom. The van der Waals surface area contributed by atoms with Gasteiger partial charge in [0.25, 0.3) is 5.91 Å². The van der Waals surface area contributed by atoms with Crippen LogP contribution in [0.4, 0.5) is 0 Å². The van der Waals surface area contributed by atoms with E-state index >= 15 is 0 Å². The summed E-state index contributed by atoms with van der Waals surface area (Å²) in [5.41, 5.74) is 8.82. The van der Waals surface area contributed by atoms with E-state index in [1.807, 2.05) is 12.1 Å². The second-order valence-corrected chi connectivity index (χ2v) is 6.02. The minimum Gasteiger partial charge on any atom is -0.411 e. The first-order chi connectivity index (χ1) is 11.7.